The van der Waals surface area contributed by atoms with Gasteiger partial charge in [-0.1, -0.05) is 6.92 Å². The predicted molar refractivity (Wildman–Crippen MR) is 173 cm³/mol. The second-order valence-electron chi connectivity index (χ2n) is 13.1. The Balaban J connectivity index is 1.26. The molecule has 2 atom stereocenters. The number of carbonyl (C=O) groups is 3. The molecular weight excluding hydrogens is 655 g/mol. The van der Waals surface area contributed by atoms with E-state index in [0.29, 0.717) is 51.8 Å². The summed E-state index contributed by atoms with van der Waals surface area (Å²) in [7, 11) is 0. The number of halogens is 1. The number of hydrogen-bond acceptors (Lipinski definition) is 11. The van der Waals surface area contributed by atoms with Crippen LogP contribution in [0.5, 0.6) is 5.75 Å². The minimum absolute atomic E-state index is 0.0252. The number of nitro benzene ring substituents is 1. The number of rotatable bonds is 6. The molecule has 3 aliphatic rings. The number of nitrogens with zero attached hydrogens (tertiary/aromatic N) is 3. The van der Waals surface area contributed by atoms with Crippen molar-refractivity contribution in [2.24, 2.45) is 0 Å². The highest BCUT2D eigenvalue weighted by atomic mass is 19.1. The number of non-ortho nitro benzene ring substituents is 1. The maximum Gasteiger partial charge on any atom is 0.514 e. The number of cyclic esters (lactones) is 1. The number of amides is 1. The number of aliphatic hydroxyl groups is 1. The van der Waals surface area contributed by atoms with Crippen LogP contribution in [0.2, 0.25) is 0 Å². The van der Waals surface area contributed by atoms with Gasteiger partial charge < -0.3 is 29.2 Å². The fourth-order valence-electron chi connectivity index (χ4n) is 7.04. The summed E-state index contributed by atoms with van der Waals surface area (Å²) in [4.78, 5) is 68.0. The number of hydrogen-bond donors (Lipinski definition) is 2. The van der Waals surface area contributed by atoms with Crippen LogP contribution in [-0.4, -0.2) is 43.2 Å². The summed E-state index contributed by atoms with van der Waals surface area (Å²) < 4.78 is 32.4. The summed E-state index contributed by atoms with van der Waals surface area (Å²) >= 11 is 0. The van der Waals surface area contributed by atoms with Crippen molar-refractivity contribution in [1.82, 2.24) is 14.9 Å². The molecule has 50 heavy (non-hydrogen) atoms. The minimum atomic E-state index is -2.03. The van der Waals surface area contributed by atoms with Crippen molar-refractivity contribution < 1.29 is 43.0 Å². The van der Waals surface area contributed by atoms with Crippen LogP contribution in [0.25, 0.3) is 22.3 Å². The van der Waals surface area contributed by atoms with E-state index in [0.717, 1.165) is 17.7 Å². The van der Waals surface area contributed by atoms with Gasteiger partial charge in [0, 0.05) is 34.7 Å². The molecule has 0 radical (unpaired) electrons. The lowest BCUT2D eigenvalue weighted by molar-refractivity contribution is -0.384. The van der Waals surface area contributed by atoms with Crippen LogP contribution in [-0.2, 0) is 44.2 Å². The summed E-state index contributed by atoms with van der Waals surface area (Å²) in [5.74, 6) is -2.01. The van der Waals surface area contributed by atoms with Crippen molar-refractivity contribution in [3.8, 4) is 17.1 Å². The number of esters is 1. The molecule has 2 aromatic carbocycles. The average Bonchev–Trinajstić information content (AvgIpc) is 3.44. The molecule has 0 saturated carbocycles. The van der Waals surface area contributed by atoms with Crippen LogP contribution in [0, 0.1) is 22.9 Å². The number of aryl methyl sites for hydroxylation is 1. The maximum absolute atomic E-state index is 15.2. The molecule has 1 aliphatic carbocycles. The van der Waals surface area contributed by atoms with E-state index in [1.807, 2.05) is 0 Å². The molecule has 2 aliphatic heterocycles. The molecule has 7 rings (SSSR count). The number of benzene rings is 2. The number of ether oxygens (including phenoxy) is 3. The van der Waals surface area contributed by atoms with Gasteiger partial charge in [0.25, 0.3) is 17.2 Å². The van der Waals surface area contributed by atoms with Crippen LogP contribution >= 0.6 is 0 Å². The van der Waals surface area contributed by atoms with Crippen molar-refractivity contribution in [2.75, 3.05) is 0 Å². The topological polar surface area (TPSA) is 189 Å². The molecule has 0 bridgehead atoms. The third-order valence-electron chi connectivity index (χ3n) is 9.82. The number of nitro groups is 1. The molecule has 4 heterocycles. The van der Waals surface area contributed by atoms with E-state index in [2.05, 4.69) is 5.32 Å². The van der Waals surface area contributed by atoms with Gasteiger partial charge in [-0.15, -0.1) is 0 Å². The predicted octanol–water partition coefficient (Wildman–Crippen LogP) is 4.53. The molecule has 1 amide bonds. The number of carbonyl (C=O) groups excluding carboxylic acids is 3. The van der Waals surface area contributed by atoms with Crippen molar-refractivity contribution in [3.05, 3.63) is 96.1 Å². The van der Waals surface area contributed by atoms with Crippen LogP contribution < -0.4 is 15.6 Å². The van der Waals surface area contributed by atoms with Crippen LogP contribution in [0.15, 0.2) is 41.2 Å². The van der Waals surface area contributed by atoms with Gasteiger partial charge in [-0.25, -0.2) is 19.0 Å². The van der Waals surface area contributed by atoms with Gasteiger partial charge in [-0.2, -0.15) is 0 Å². The smallest absolute Gasteiger partial charge is 0.458 e. The molecule has 0 fully saturated rings. The molecule has 0 spiro atoms. The Bertz CT molecular complexity index is 2250. The molecule has 4 aromatic rings. The number of fused-ring (bicyclic) bond motifs is 5. The summed E-state index contributed by atoms with van der Waals surface area (Å²) in [6.45, 7) is 5.77. The molecule has 2 N–H and O–H groups in total. The zero-order valence-electron chi connectivity index (χ0n) is 27.4. The van der Waals surface area contributed by atoms with Gasteiger partial charge in [0.05, 0.1) is 40.0 Å². The van der Waals surface area contributed by atoms with Crippen molar-refractivity contribution in [2.45, 2.75) is 77.4 Å². The fourth-order valence-corrected chi connectivity index (χ4v) is 7.04. The monoisotopic (exact) mass is 686 g/mol. The highest BCUT2D eigenvalue weighted by molar-refractivity contribution is 5.94. The molecule has 258 valence electrons. The summed E-state index contributed by atoms with van der Waals surface area (Å²) in [5, 5.41) is 25.8. The fraction of sp³-hybridized carbons (Fsp3) is 0.343. The Kier molecular flexibility index (Phi) is 7.51. The van der Waals surface area contributed by atoms with Crippen molar-refractivity contribution in [1.29, 1.82) is 0 Å². The Hall–Kier alpha value is -5.70. The summed E-state index contributed by atoms with van der Waals surface area (Å²) in [6, 6.07) is 6.95. The van der Waals surface area contributed by atoms with E-state index >= 15 is 4.39 Å². The van der Waals surface area contributed by atoms with Gasteiger partial charge in [0.1, 0.15) is 18.2 Å². The molecule has 2 aromatic heterocycles. The average molecular weight is 687 g/mol. The van der Waals surface area contributed by atoms with Gasteiger partial charge in [0.15, 0.2) is 11.2 Å². The van der Waals surface area contributed by atoms with Gasteiger partial charge in [0.2, 0.25) is 0 Å². The zero-order chi connectivity index (χ0) is 35.9. The normalized spacial score (nSPS) is 18.8. The Labute approximate surface area is 282 Å². The maximum atomic E-state index is 15.2. The van der Waals surface area contributed by atoms with Crippen molar-refractivity contribution in [3.63, 3.8) is 0 Å². The van der Waals surface area contributed by atoms with Gasteiger partial charge in [-0.3, -0.25) is 19.7 Å². The lowest BCUT2D eigenvalue weighted by Crippen LogP contribution is -2.47. The van der Waals surface area contributed by atoms with E-state index in [9.17, 15) is 34.4 Å². The number of aromatic nitrogens is 2. The Morgan fingerprint density at radius 3 is 2.60 bits per heavy atom. The molecule has 14 nitrogen and oxygen atoms in total. The first-order chi connectivity index (χ1) is 23.6. The van der Waals surface area contributed by atoms with E-state index < -0.39 is 51.6 Å². The zero-order valence-corrected chi connectivity index (χ0v) is 27.4. The SMILES string of the molecule is CC[C@@]1(O)C(=O)OCc2c1cc1n(c2=O)Cc2c-1nc1cc(F)c(C)c3c1c2[C@@H](NC(=O)C(C)(C)OC(=O)Oc1ccc([N+](=O)[O-])cc1)CC3. The first-order valence-electron chi connectivity index (χ1n) is 15.9. The highest BCUT2D eigenvalue weighted by Crippen LogP contribution is 2.46. The standard InChI is InChI=1S/C35H31FN4O10/c1-5-35(45)22-12-26-29-20(14-39(26)30(41)21(22)15-48-32(35)43)28-24(11-10-19-16(2)23(36)13-25(37-29)27(19)28)38-31(42)34(3,4)50-33(44)49-18-8-6-17(7-9-18)40(46)47/h6-9,12-13,24,45H,5,10-11,14-15H2,1-4H3,(H,38,42)/t24-,35-/m0/s1. The highest BCUT2D eigenvalue weighted by Gasteiger charge is 2.46. The molecule has 15 heteroatoms. The lowest BCUT2D eigenvalue weighted by atomic mass is 9.81. The van der Waals surface area contributed by atoms with Gasteiger partial charge in [-0.05, 0) is 74.9 Å². The van der Waals surface area contributed by atoms with E-state index in [4.69, 9.17) is 19.2 Å². The van der Waals surface area contributed by atoms with E-state index in [-0.39, 0.29) is 42.1 Å². The first kappa shape index (κ1) is 32.8. The van der Waals surface area contributed by atoms with Crippen LogP contribution in [0.1, 0.15) is 73.0 Å². The van der Waals surface area contributed by atoms with Gasteiger partial charge >= 0.3 is 12.1 Å². The van der Waals surface area contributed by atoms with E-state index in [1.165, 1.54) is 36.6 Å². The first-order valence-corrected chi connectivity index (χ1v) is 15.9. The summed E-state index contributed by atoms with van der Waals surface area (Å²) in [5.41, 5.74) is -0.774. The molecular formula is C35H31FN4O10. The second-order valence-corrected chi connectivity index (χ2v) is 13.1. The quantitative estimate of drug-likeness (QED) is 0.110. The van der Waals surface area contributed by atoms with Crippen LogP contribution in [0.4, 0.5) is 14.9 Å². The van der Waals surface area contributed by atoms with Crippen molar-refractivity contribution >= 4 is 34.6 Å². The van der Waals surface area contributed by atoms with E-state index in [1.54, 1.807) is 19.9 Å². The Morgan fingerprint density at radius 2 is 1.92 bits per heavy atom. The molecule has 0 unspecified atom stereocenters. The number of nitrogens with one attached hydrogen (secondary N) is 1. The summed E-state index contributed by atoms with van der Waals surface area (Å²) in [6.07, 6.45) is -0.504. The molecule has 0 saturated heterocycles. The lowest BCUT2D eigenvalue weighted by Gasteiger charge is -2.32. The third kappa shape index (κ3) is 4.99. The number of pyridine rings is 2. The largest absolute Gasteiger partial charge is 0.514 e. The van der Waals surface area contributed by atoms with Crippen LogP contribution in [0.3, 0.4) is 0 Å². The Morgan fingerprint density at radius 1 is 1.20 bits per heavy atom. The minimum Gasteiger partial charge on any atom is -0.458 e. The third-order valence-corrected chi connectivity index (χ3v) is 9.82. The second kappa shape index (κ2) is 11.4.